The topological polar surface area (TPSA) is 37.6 Å². The summed E-state index contributed by atoms with van der Waals surface area (Å²) in [5, 5.41) is 3.47. The molecule has 0 bridgehead atoms. The van der Waals surface area contributed by atoms with Gasteiger partial charge in [-0.3, -0.25) is 4.90 Å². The third kappa shape index (κ3) is 4.34. The van der Waals surface area contributed by atoms with Crippen molar-refractivity contribution in [3.63, 3.8) is 0 Å². The molecule has 1 saturated heterocycles. The minimum atomic E-state index is 0.387. The highest BCUT2D eigenvalue weighted by atomic mass is 16.5. The van der Waals surface area contributed by atoms with Gasteiger partial charge in [0.1, 0.15) is 5.76 Å². The van der Waals surface area contributed by atoms with Crippen LogP contribution < -0.4 is 5.32 Å². The van der Waals surface area contributed by atoms with E-state index in [9.17, 15) is 0 Å². The van der Waals surface area contributed by atoms with E-state index in [4.69, 9.17) is 9.15 Å². The third-order valence-corrected chi connectivity index (χ3v) is 3.64. The standard InChI is InChI=1S/C15H26N2O2/c1-12(2)8-16-9-13-5-7-19-15(13)11-17-6-4-14(10-17)18-3/h5,7,12,14,16H,4,6,8-11H2,1-3H3. The largest absolute Gasteiger partial charge is 0.468 e. The molecule has 1 unspecified atom stereocenters. The lowest BCUT2D eigenvalue weighted by Gasteiger charge is -2.15. The Morgan fingerprint density at radius 1 is 1.53 bits per heavy atom. The summed E-state index contributed by atoms with van der Waals surface area (Å²) in [6.45, 7) is 9.38. The smallest absolute Gasteiger partial charge is 0.122 e. The summed E-state index contributed by atoms with van der Waals surface area (Å²) in [6.07, 6.45) is 3.31. The van der Waals surface area contributed by atoms with E-state index in [1.165, 1.54) is 5.56 Å². The number of likely N-dealkylation sites (tertiary alicyclic amines) is 1. The third-order valence-electron chi connectivity index (χ3n) is 3.64. The molecule has 1 fully saturated rings. The molecule has 0 aromatic carbocycles. The van der Waals surface area contributed by atoms with Crippen molar-refractivity contribution in [3.05, 3.63) is 23.7 Å². The van der Waals surface area contributed by atoms with E-state index in [0.717, 1.165) is 44.9 Å². The minimum absolute atomic E-state index is 0.387. The second kappa shape index (κ2) is 7.08. The van der Waals surface area contributed by atoms with E-state index in [-0.39, 0.29) is 0 Å². The Labute approximate surface area is 116 Å². The Hall–Kier alpha value is -0.840. The molecule has 0 radical (unpaired) electrons. The van der Waals surface area contributed by atoms with Gasteiger partial charge < -0.3 is 14.5 Å². The van der Waals surface area contributed by atoms with E-state index in [1.807, 2.05) is 0 Å². The van der Waals surface area contributed by atoms with Gasteiger partial charge in [-0.05, 0) is 24.9 Å². The number of nitrogens with one attached hydrogen (secondary N) is 1. The summed E-state index contributed by atoms with van der Waals surface area (Å²) in [5.74, 6) is 1.77. The number of hydrogen-bond donors (Lipinski definition) is 1. The van der Waals surface area contributed by atoms with Crippen molar-refractivity contribution in [2.75, 3.05) is 26.7 Å². The monoisotopic (exact) mass is 266 g/mol. The molecule has 1 aromatic rings. The summed E-state index contributed by atoms with van der Waals surface area (Å²) in [4.78, 5) is 2.40. The summed E-state index contributed by atoms with van der Waals surface area (Å²) in [6, 6.07) is 2.08. The predicted molar refractivity (Wildman–Crippen MR) is 75.9 cm³/mol. The SMILES string of the molecule is COC1CCN(Cc2occc2CNCC(C)C)C1. The number of nitrogens with zero attached hydrogens (tertiary/aromatic N) is 1. The minimum Gasteiger partial charge on any atom is -0.468 e. The van der Waals surface area contributed by atoms with Gasteiger partial charge in [0.05, 0.1) is 18.9 Å². The van der Waals surface area contributed by atoms with Crippen molar-refractivity contribution in [2.45, 2.75) is 39.5 Å². The average Bonchev–Trinajstić information content (AvgIpc) is 2.99. The number of furan rings is 1. The van der Waals surface area contributed by atoms with E-state index >= 15 is 0 Å². The molecule has 0 saturated carbocycles. The lowest BCUT2D eigenvalue weighted by molar-refractivity contribution is 0.106. The molecule has 4 nitrogen and oxygen atoms in total. The zero-order chi connectivity index (χ0) is 13.7. The van der Waals surface area contributed by atoms with Gasteiger partial charge in [-0.25, -0.2) is 0 Å². The van der Waals surface area contributed by atoms with Crippen LogP contribution in [0.25, 0.3) is 0 Å². The van der Waals surface area contributed by atoms with E-state index in [0.29, 0.717) is 12.0 Å². The predicted octanol–water partition coefficient (Wildman–Crippen LogP) is 2.25. The second-order valence-corrected chi connectivity index (χ2v) is 5.78. The summed E-state index contributed by atoms with van der Waals surface area (Å²) in [7, 11) is 1.79. The molecular formula is C15H26N2O2. The van der Waals surface area contributed by atoms with Crippen LogP contribution in [0.1, 0.15) is 31.6 Å². The van der Waals surface area contributed by atoms with Crippen LogP contribution in [0.4, 0.5) is 0 Å². The van der Waals surface area contributed by atoms with Crippen molar-refractivity contribution in [2.24, 2.45) is 5.92 Å². The Kier molecular flexibility index (Phi) is 5.43. The van der Waals surface area contributed by atoms with Crippen LogP contribution >= 0.6 is 0 Å². The number of ether oxygens (including phenoxy) is 1. The first kappa shape index (κ1) is 14.6. The lowest BCUT2D eigenvalue weighted by Crippen LogP contribution is -2.24. The lowest BCUT2D eigenvalue weighted by atomic mass is 10.2. The molecule has 2 rings (SSSR count). The Balaban J connectivity index is 1.82. The van der Waals surface area contributed by atoms with Crippen molar-refractivity contribution < 1.29 is 9.15 Å². The first-order chi connectivity index (χ1) is 9.19. The van der Waals surface area contributed by atoms with E-state index in [1.54, 1.807) is 13.4 Å². The molecule has 1 aromatic heterocycles. The fraction of sp³-hybridized carbons (Fsp3) is 0.733. The molecule has 1 aliphatic heterocycles. The molecule has 2 heterocycles. The zero-order valence-electron chi connectivity index (χ0n) is 12.3. The van der Waals surface area contributed by atoms with Crippen molar-refractivity contribution in [3.8, 4) is 0 Å². The second-order valence-electron chi connectivity index (χ2n) is 5.78. The number of hydrogen-bond acceptors (Lipinski definition) is 4. The molecule has 1 aliphatic rings. The summed E-state index contributed by atoms with van der Waals surface area (Å²) in [5.41, 5.74) is 1.28. The highest BCUT2D eigenvalue weighted by Crippen LogP contribution is 2.18. The number of methoxy groups -OCH3 is 1. The van der Waals surface area contributed by atoms with Crippen LogP contribution in [0.2, 0.25) is 0 Å². The number of rotatable bonds is 7. The van der Waals surface area contributed by atoms with Gasteiger partial charge in [-0.1, -0.05) is 13.8 Å². The fourth-order valence-corrected chi connectivity index (χ4v) is 2.49. The molecule has 1 N–H and O–H groups in total. The van der Waals surface area contributed by atoms with Gasteiger partial charge in [0.25, 0.3) is 0 Å². The Bertz CT molecular complexity index is 376. The first-order valence-corrected chi connectivity index (χ1v) is 7.20. The highest BCUT2D eigenvalue weighted by molar-refractivity contribution is 5.17. The molecule has 1 atom stereocenters. The zero-order valence-corrected chi connectivity index (χ0v) is 12.3. The molecule has 108 valence electrons. The van der Waals surface area contributed by atoms with Crippen LogP contribution in [-0.2, 0) is 17.8 Å². The van der Waals surface area contributed by atoms with Gasteiger partial charge in [0, 0.05) is 32.3 Å². The molecule has 0 spiro atoms. The quantitative estimate of drug-likeness (QED) is 0.821. The Morgan fingerprint density at radius 2 is 2.37 bits per heavy atom. The molecule has 0 amide bonds. The van der Waals surface area contributed by atoms with Gasteiger partial charge in [-0.15, -0.1) is 0 Å². The molecule has 4 heteroatoms. The Morgan fingerprint density at radius 3 is 3.05 bits per heavy atom. The normalized spacial score (nSPS) is 20.5. The molecular weight excluding hydrogens is 240 g/mol. The molecule has 19 heavy (non-hydrogen) atoms. The van der Waals surface area contributed by atoms with Crippen molar-refractivity contribution >= 4 is 0 Å². The maximum Gasteiger partial charge on any atom is 0.122 e. The molecule has 0 aliphatic carbocycles. The van der Waals surface area contributed by atoms with E-state index in [2.05, 4.69) is 30.1 Å². The first-order valence-electron chi connectivity index (χ1n) is 7.20. The van der Waals surface area contributed by atoms with Crippen LogP contribution in [0.3, 0.4) is 0 Å². The average molecular weight is 266 g/mol. The van der Waals surface area contributed by atoms with Gasteiger partial charge in [-0.2, -0.15) is 0 Å². The van der Waals surface area contributed by atoms with Gasteiger partial charge >= 0.3 is 0 Å². The summed E-state index contributed by atoms with van der Waals surface area (Å²) >= 11 is 0. The van der Waals surface area contributed by atoms with Gasteiger partial charge in [0.2, 0.25) is 0 Å². The van der Waals surface area contributed by atoms with Gasteiger partial charge in [0.15, 0.2) is 0 Å². The van der Waals surface area contributed by atoms with Crippen LogP contribution in [-0.4, -0.2) is 37.7 Å². The van der Waals surface area contributed by atoms with Crippen molar-refractivity contribution in [1.29, 1.82) is 0 Å². The maximum absolute atomic E-state index is 5.63. The van der Waals surface area contributed by atoms with Crippen LogP contribution in [0.5, 0.6) is 0 Å². The van der Waals surface area contributed by atoms with Crippen LogP contribution in [0, 0.1) is 5.92 Å². The van der Waals surface area contributed by atoms with Crippen LogP contribution in [0.15, 0.2) is 16.7 Å². The maximum atomic E-state index is 5.63. The van der Waals surface area contributed by atoms with E-state index < -0.39 is 0 Å². The summed E-state index contributed by atoms with van der Waals surface area (Å²) < 4.78 is 11.0. The fourth-order valence-electron chi connectivity index (χ4n) is 2.49. The van der Waals surface area contributed by atoms with Crippen molar-refractivity contribution in [1.82, 2.24) is 10.2 Å². The highest BCUT2D eigenvalue weighted by Gasteiger charge is 2.23.